The number of benzene rings is 2. The van der Waals surface area contributed by atoms with Gasteiger partial charge in [-0.3, -0.25) is 4.31 Å². The first kappa shape index (κ1) is 19.0. The molecule has 0 fully saturated rings. The van der Waals surface area contributed by atoms with Crippen molar-refractivity contribution in [3.8, 4) is 0 Å². The molecule has 0 aliphatic carbocycles. The van der Waals surface area contributed by atoms with E-state index in [0.717, 1.165) is 17.3 Å². The van der Waals surface area contributed by atoms with Gasteiger partial charge in [0.1, 0.15) is 0 Å². The third-order valence-corrected chi connectivity index (χ3v) is 6.03. The molecule has 0 saturated carbocycles. The quantitative estimate of drug-likeness (QED) is 0.572. The van der Waals surface area contributed by atoms with Crippen molar-refractivity contribution in [3.63, 3.8) is 0 Å². The average Bonchev–Trinajstić information content (AvgIpc) is 2.60. The fourth-order valence-corrected chi connectivity index (χ4v) is 4.34. The molecule has 2 rings (SSSR count). The van der Waals surface area contributed by atoms with Gasteiger partial charge < -0.3 is 4.74 Å². The van der Waals surface area contributed by atoms with E-state index >= 15 is 0 Å². The molecule has 0 N–H and O–H groups in total. The Kier molecular flexibility index (Phi) is 7.27. The van der Waals surface area contributed by atoms with Gasteiger partial charge in [0, 0.05) is 11.1 Å². The van der Waals surface area contributed by atoms with Crippen LogP contribution in [0.2, 0.25) is 0 Å². The molecule has 2 aromatic rings. The number of unbranched alkanes of at least 4 members (excludes halogenated alkanes) is 1. The monoisotopic (exact) mass is 411 g/mol. The van der Waals surface area contributed by atoms with Crippen LogP contribution in [0, 0.1) is 0 Å². The number of para-hydroxylation sites is 1. The average molecular weight is 412 g/mol. The SMILES string of the molecule is CCCCOCCN(c1ccccc1Br)S(=O)(=O)c1ccccc1. The molecule has 2 aromatic carbocycles. The van der Waals surface area contributed by atoms with E-state index in [1.54, 1.807) is 36.4 Å². The van der Waals surface area contributed by atoms with Crippen LogP contribution < -0.4 is 4.31 Å². The highest BCUT2D eigenvalue weighted by Gasteiger charge is 2.25. The van der Waals surface area contributed by atoms with Crippen molar-refractivity contribution in [2.24, 2.45) is 0 Å². The van der Waals surface area contributed by atoms with Crippen LogP contribution in [0.25, 0.3) is 0 Å². The van der Waals surface area contributed by atoms with Crippen molar-refractivity contribution in [2.75, 3.05) is 24.1 Å². The zero-order chi connectivity index (χ0) is 17.4. The molecule has 6 heteroatoms. The van der Waals surface area contributed by atoms with Crippen LogP contribution in [0.1, 0.15) is 19.8 Å². The lowest BCUT2D eigenvalue weighted by molar-refractivity contribution is 0.139. The molecule has 0 atom stereocenters. The summed E-state index contributed by atoms with van der Waals surface area (Å²) in [7, 11) is -3.65. The summed E-state index contributed by atoms with van der Waals surface area (Å²) in [4.78, 5) is 0.273. The maximum Gasteiger partial charge on any atom is 0.264 e. The van der Waals surface area contributed by atoms with Gasteiger partial charge in [-0.05, 0) is 46.6 Å². The number of hydrogen-bond donors (Lipinski definition) is 0. The van der Waals surface area contributed by atoms with E-state index in [1.807, 2.05) is 18.2 Å². The third-order valence-electron chi connectivity index (χ3n) is 3.53. The summed E-state index contributed by atoms with van der Waals surface area (Å²) >= 11 is 3.45. The first-order chi connectivity index (χ1) is 11.6. The molecule has 0 amide bonds. The maximum absolute atomic E-state index is 13.1. The van der Waals surface area contributed by atoms with Gasteiger partial charge in [0.05, 0.1) is 23.7 Å². The zero-order valence-corrected chi connectivity index (χ0v) is 16.1. The molecule has 0 unspecified atom stereocenters. The summed E-state index contributed by atoms with van der Waals surface area (Å²) in [5.41, 5.74) is 0.612. The van der Waals surface area contributed by atoms with Crippen LogP contribution in [-0.4, -0.2) is 28.2 Å². The number of hydrogen-bond acceptors (Lipinski definition) is 3. The number of nitrogens with zero attached hydrogens (tertiary/aromatic N) is 1. The molecule has 4 nitrogen and oxygen atoms in total. The maximum atomic E-state index is 13.1. The Morgan fingerprint density at radius 3 is 2.33 bits per heavy atom. The minimum atomic E-state index is -3.65. The van der Waals surface area contributed by atoms with Crippen LogP contribution >= 0.6 is 15.9 Å². The summed E-state index contributed by atoms with van der Waals surface area (Å²) in [6, 6.07) is 15.8. The van der Waals surface area contributed by atoms with Gasteiger partial charge in [-0.2, -0.15) is 0 Å². The Bertz CT molecular complexity index is 735. The van der Waals surface area contributed by atoms with Crippen LogP contribution in [-0.2, 0) is 14.8 Å². The molecule has 0 spiro atoms. The van der Waals surface area contributed by atoms with E-state index in [0.29, 0.717) is 18.9 Å². The molecular formula is C18H22BrNO3S. The lowest BCUT2D eigenvalue weighted by Crippen LogP contribution is -2.34. The Morgan fingerprint density at radius 1 is 1.00 bits per heavy atom. The number of ether oxygens (including phenoxy) is 1. The molecule has 24 heavy (non-hydrogen) atoms. The topological polar surface area (TPSA) is 46.6 Å². The van der Waals surface area contributed by atoms with Gasteiger partial charge >= 0.3 is 0 Å². The van der Waals surface area contributed by atoms with Crippen LogP contribution in [0.15, 0.2) is 64.0 Å². The molecule has 0 saturated heterocycles. The van der Waals surface area contributed by atoms with Crippen molar-refractivity contribution < 1.29 is 13.2 Å². The first-order valence-electron chi connectivity index (χ1n) is 7.97. The molecule has 0 radical (unpaired) electrons. The normalized spacial score (nSPS) is 11.4. The summed E-state index contributed by atoms with van der Waals surface area (Å²) in [5, 5.41) is 0. The van der Waals surface area contributed by atoms with Crippen LogP contribution in [0.5, 0.6) is 0 Å². The van der Waals surface area contributed by atoms with Crippen LogP contribution in [0.4, 0.5) is 5.69 Å². The number of rotatable bonds is 9. The van der Waals surface area contributed by atoms with E-state index in [4.69, 9.17) is 4.74 Å². The Balaban J connectivity index is 2.28. The number of halogens is 1. The fourth-order valence-electron chi connectivity index (χ4n) is 2.24. The van der Waals surface area contributed by atoms with Gasteiger partial charge in [-0.15, -0.1) is 0 Å². The molecule has 0 aromatic heterocycles. The highest BCUT2D eigenvalue weighted by atomic mass is 79.9. The first-order valence-corrected chi connectivity index (χ1v) is 10.2. The van der Waals surface area contributed by atoms with E-state index in [-0.39, 0.29) is 11.4 Å². The fraction of sp³-hybridized carbons (Fsp3) is 0.333. The van der Waals surface area contributed by atoms with Crippen molar-refractivity contribution in [2.45, 2.75) is 24.7 Å². The van der Waals surface area contributed by atoms with Crippen molar-refractivity contribution in [1.29, 1.82) is 0 Å². The molecular weight excluding hydrogens is 390 g/mol. The minimum Gasteiger partial charge on any atom is -0.380 e. The molecule has 0 aliphatic rings. The van der Waals surface area contributed by atoms with E-state index in [1.165, 1.54) is 4.31 Å². The van der Waals surface area contributed by atoms with E-state index in [9.17, 15) is 8.42 Å². The second kappa shape index (κ2) is 9.20. The second-order valence-corrected chi connectivity index (χ2v) is 8.02. The van der Waals surface area contributed by atoms with Gasteiger partial charge in [0.2, 0.25) is 0 Å². The summed E-state index contributed by atoms with van der Waals surface area (Å²) < 4.78 is 33.8. The summed E-state index contributed by atoms with van der Waals surface area (Å²) in [5.74, 6) is 0. The molecule has 130 valence electrons. The number of sulfonamides is 1. The van der Waals surface area contributed by atoms with Crippen molar-refractivity contribution >= 4 is 31.6 Å². The van der Waals surface area contributed by atoms with Crippen molar-refractivity contribution in [3.05, 3.63) is 59.1 Å². The lowest BCUT2D eigenvalue weighted by atomic mass is 10.3. The Labute approximate surface area is 152 Å². The van der Waals surface area contributed by atoms with E-state index < -0.39 is 10.0 Å². The van der Waals surface area contributed by atoms with Gasteiger partial charge in [-0.1, -0.05) is 43.7 Å². The molecule has 0 bridgehead atoms. The zero-order valence-electron chi connectivity index (χ0n) is 13.7. The Hall–Kier alpha value is -1.37. The van der Waals surface area contributed by atoms with Gasteiger partial charge in [0.15, 0.2) is 0 Å². The summed E-state index contributed by atoms with van der Waals surface area (Å²) in [6.45, 7) is 3.36. The van der Waals surface area contributed by atoms with Gasteiger partial charge in [0.25, 0.3) is 10.0 Å². The van der Waals surface area contributed by atoms with Crippen molar-refractivity contribution in [1.82, 2.24) is 0 Å². The highest BCUT2D eigenvalue weighted by molar-refractivity contribution is 9.10. The minimum absolute atomic E-state index is 0.267. The highest BCUT2D eigenvalue weighted by Crippen LogP contribution is 2.30. The summed E-state index contributed by atoms with van der Waals surface area (Å²) in [6.07, 6.45) is 2.02. The Morgan fingerprint density at radius 2 is 1.67 bits per heavy atom. The largest absolute Gasteiger partial charge is 0.380 e. The lowest BCUT2D eigenvalue weighted by Gasteiger charge is -2.25. The molecule has 0 heterocycles. The second-order valence-electron chi connectivity index (χ2n) is 5.31. The van der Waals surface area contributed by atoms with E-state index in [2.05, 4.69) is 22.9 Å². The third kappa shape index (κ3) is 4.82. The molecule has 0 aliphatic heterocycles. The smallest absolute Gasteiger partial charge is 0.264 e. The standard InChI is InChI=1S/C18H22BrNO3S/c1-2-3-14-23-15-13-20(18-12-8-7-11-17(18)19)24(21,22)16-9-5-4-6-10-16/h4-12H,2-3,13-15H2,1H3. The predicted molar refractivity (Wildman–Crippen MR) is 101 cm³/mol. The van der Waals surface area contributed by atoms with Crippen LogP contribution in [0.3, 0.4) is 0 Å². The predicted octanol–water partition coefficient (Wildman–Crippen LogP) is 4.46. The van der Waals surface area contributed by atoms with Gasteiger partial charge in [-0.25, -0.2) is 8.42 Å². The number of anilines is 1.